The van der Waals surface area contributed by atoms with Crippen LogP contribution in [0.5, 0.6) is 0 Å². The zero-order chi connectivity index (χ0) is 9.68. The zero-order valence-electron chi connectivity index (χ0n) is 7.56. The van der Waals surface area contributed by atoms with Crippen molar-refractivity contribution in [2.24, 2.45) is 0 Å². The summed E-state index contributed by atoms with van der Waals surface area (Å²) < 4.78 is 0. The normalized spacial score (nSPS) is 11.0. The molecule has 1 aromatic rings. The van der Waals surface area contributed by atoms with Gasteiger partial charge in [-0.1, -0.05) is 54.8 Å². The summed E-state index contributed by atoms with van der Waals surface area (Å²) in [5, 5.41) is 1.22. The average Bonchev–Trinajstić information content (AvgIpc) is 2.12. The van der Waals surface area contributed by atoms with Crippen molar-refractivity contribution < 1.29 is 0 Å². The number of allylic oxidation sites excluding steroid dienone is 1. The van der Waals surface area contributed by atoms with Crippen LogP contribution in [-0.4, -0.2) is 0 Å². The Morgan fingerprint density at radius 3 is 2.62 bits per heavy atom. The summed E-state index contributed by atoms with van der Waals surface area (Å²) >= 11 is 11.6. The van der Waals surface area contributed by atoms with Crippen molar-refractivity contribution in [3.8, 4) is 0 Å². The first-order chi connectivity index (χ1) is 6.24. The molecule has 70 valence electrons. The third-order valence-corrected chi connectivity index (χ3v) is 2.45. The lowest BCUT2D eigenvalue weighted by molar-refractivity contribution is 0.962. The van der Waals surface area contributed by atoms with Gasteiger partial charge in [-0.25, -0.2) is 0 Å². The summed E-state index contributed by atoms with van der Waals surface area (Å²) in [5.41, 5.74) is 1.10. The van der Waals surface area contributed by atoms with Crippen molar-refractivity contribution in [3.63, 3.8) is 0 Å². The van der Waals surface area contributed by atoms with Crippen LogP contribution in [0.25, 0.3) is 6.08 Å². The Kier molecular flexibility index (Phi) is 4.34. The lowest BCUT2D eigenvalue weighted by Gasteiger charge is -1.96. The zero-order valence-corrected chi connectivity index (χ0v) is 9.07. The smallest absolute Gasteiger partial charge is 0.0598 e. The standard InChI is InChI=1S/C11H12Cl2/c1-2-3-4-5-9-6-7-10(12)11(13)8-9/h4-8H,2-3H2,1H3. The van der Waals surface area contributed by atoms with E-state index in [1.54, 1.807) is 0 Å². The Morgan fingerprint density at radius 1 is 1.23 bits per heavy atom. The second-order valence-corrected chi connectivity index (χ2v) is 3.68. The molecule has 0 saturated heterocycles. The molecule has 1 rings (SSSR count). The van der Waals surface area contributed by atoms with Gasteiger partial charge in [-0.05, 0) is 24.1 Å². The molecule has 0 fully saturated rings. The van der Waals surface area contributed by atoms with E-state index in [1.165, 1.54) is 0 Å². The lowest BCUT2D eigenvalue weighted by Crippen LogP contribution is -1.73. The summed E-state index contributed by atoms with van der Waals surface area (Å²) in [7, 11) is 0. The minimum absolute atomic E-state index is 0.606. The molecule has 0 saturated carbocycles. The molecule has 13 heavy (non-hydrogen) atoms. The van der Waals surface area contributed by atoms with Gasteiger partial charge in [0, 0.05) is 0 Å². The van der Waals surface area contributed by atoms with Crippen LogP contribution in [-0.2, 0) is 0 Å². The lowest BCUT2D eigenvalue weighted by atomic mass is 10.2. The molecule has 0 radical (unpaired) electrons. The van der Waals surface area contributed by atoms with E-state index in [-0.39, 0.29) is 0 Å². The number of benzene rings is 1. The summed E-state index contributed by atoms with van der Waals surface area (Å²) in [6.07, 6.45) is 6.46. The number of hydrogen-bond acceptors (Lipinski definition) is 0. The predicted molar refractivity (Wildman–Crippen MR) is 60.4 cm³/mol. The van der Waals surface area contributed by atoms with E-state index in [9.17, 15) is 0 Å². The van der Waals surface area contributed by atoms with Crippen LogP contribution in [0.3, 0.4) is 0 Å². The van der Waals surface area contributed by atoms with Crippen LogP contribution in [0.15, 0.2) is 24.3 Å². The highest BCUT2D eigenvalue weighted by Crippen LogP contribution is 2.23. The van der Waals surface area contributed by atoms with Gasteiger partial charge in [-0.2, -0.15) is 0 Å². The van der Waals surface area contributed by atoms with Crippen LogP contribution >= 0.6 is 23.2 Å². The second-order valence-electron chi connectivity index (χ2n) is 2.86. The van der Waals surface area contributed by atoms with Crippen LogP contribution in [0, 0.1) is 0 Å². The average molecular weight is 215 g/mol. The quantitative estimate of drug-likeness (QED) is 0.678. The summed E-state index contributed by atoms with van der Waals surface area (Å²) in [6, 6.07) is 5.64. The van der Waals surface area contributed by atoms with E-state index in [1.807, 2.05) is 18.2 Å². The van der Waals surface area contributed by atoms with Gasteiger partial charge in [0.05, 0.1) is 10.0 Å². The van der Waals surface area contributed by atoms with Gasteiger partial charge in [0.1, 0.15) is 0 Å². The summed E-state index contributed by atoms with van der Waals surface area (Å²) in [4.78, 5) is 0. The van der Waals surface area contributed by atoms with Crippen molar-refractivity contribution in [2.75, 3.05) is 0 Å². The van der Waals surface area contributed by atoms with Crippen LogP contribution < -0.4 is 0 Å². The molecule has 0 aliphatic heterocycles. The van der Waals surface area contributed by atoms with Gasteiger partial charge in [-0.3, -0.25) is 0 Å². The van der Waals surface area contributed by atoms with E-state index in [0.717, 1.165) is 18.4 Å². The van der Waals surface area contributed by atoms with Gasteiger partial charge in [0.15, 0.2) is 0 Å². The van der Waals surface area contributed by atoms with E-state index in [2.05, 4.69) is 19.1 Å². The molecule has 0 N–H and O–H groups in total. The Balaban J connectivity index is 2.73. The number of rotatable bonds is 3. The van der Waals surface area contributed by atoms with Crippen molar-refractivity contribution in [1.29, 1.82) is 0 Å². The van der Waals surface area contributed by atoms with Crippen molar-refractivity contribution in [1.82, 2.24) is 0 Å². The molecule has 0 amide bonds. The molecule has 0 aliphatic rings. The van der Waals surface area contributed by atoms with Crippen molar-refractivity contribution in [2.45, 2.75) is 19.8 Å². The minimum atomic E-state index is 0.606. The Labute approximate surface area is 89.2 Å². The second kappa shape index (κ2) is 5.31. The van der Waals surface area contributed by atoms with Gasteiger partial charge in [0.25, 0.3) is 0 Å². The monoisotopic (exact) mass is 214 g/mol. The fourth-order valence-corrected chi connectivity index (χ4v) is 1.31. The minimum Gasteiger partial charge on any atom is -0.0840 e. The molecule has 0 nitrogen and oxygen atoms in total. The van der Waals surface area contributed by atoms with Gasteiger partial charge >= 0.3 is 0 Å². The third-order valence-electron chi connectivity index (χ3n) is 1.71. The van der Waals surface area contributed by atoms with Gasteiger partial charge < -0.3 is 0 Å². The van der Waals surface area contributed by atoms with Gasteiger partial charge in [0.2, 0.25) is 0 Å². The first-order valence-electron chi connectivity index (χ1n) is 4.35. The maximum absolute atomic E-state index is 5.86. The van der Waals surface area contributed by atoms with Crippen molar-refractivity contribution >= 4 is 29.3 Å². The molecule has 1 aromatic carbocycles. The van der Waals surface area contributed by atoms with Crippen LogP contribution in [0.1, 0.15) is 25.3 Å². The Bertz CT molecular complexity index is 303. The summed E-state index contributed by atoms with van der Waals surface area (Å²) in [5.74, 6) is 0. The van der Waals surface area contributed by atoms with Crippen LogP contribution in [0.2, 0.25) is 10.0 Å². The number of unbranched alkanes of at least 4 members (excludes halogenated alkanes) is 1. The van der Waals surface area contributed by atoms with Crippen LogP contribution in [0.4, 0.5) is 0 Å². The SMILES string of the molecule is CCCC=Cc1ccc(Cl)c(Cl)c1. The molecule has 0 unspecified atom stereocenters. The van der Waals surface area contributed by atoms with Crippen molar-refractivity contribution in [3.05, 3.63) is 39.9 Å². The highest BCUT2D eigenvalue weighted by atomic mass is 35.5. The fourth-order valence-electron chi connectivity index (χ4n) is 1.00. The van der Waals surface area contributed by atoms with E-state index in [0.29, 0.717) is 10.0 Å². The number of halogens is 2. The first-order valence-corrected chi connectivity index (χ1v) is 5.11. The molecule has 0 bridgehead atoms. The first kappa shape index (κ1) is 10.6. The predicted octanol–water partition coefficient (Wildman–Crippen LogP) is 4.81. The van der Waals surface area contributed by atoms with E-state index < -0.39 is 0 Å². The molecule has 0 spiro atoms. The Morgan fingerprint density at radius 2 is 2.00 bits per heavy atom. The third kappa shape index (κ3) is 3.41. The molecular formula is C11H12Cl2. The van der Waals surface area contributed by atoms with E-state index >= 15 is 0 Å². The molecule has 0 heterocycles. The Hall–Kier alpha value is -0.460. The molecule has 0 aromatic heterocycles. The highest BCUT2D eigenvalue weighted by Gasteiger charge is 1.95. The van der Waals surface area contributed by atoms with E-state index in [4.69, 9.17) is 23.2 Å². The maximum atomic E-state index is 5.86. The molecule has 0 atom stereocenters. The topological polar surface area (TPSA) is 0 Å². The van der Waals surface area contributed by atoms with Gasteiger partial charge in [-0.15, -0.1) is 0 Å². The number of hydrogen-bond donors (Lipinski definition) is 0. The summed E-state index contributed by atoms with van der Waals surface area (Å²) in [6.45, 7) is 2.15. The fraction of sp³-hybridized carbons (Fsp3) is 0.273. The molecule has 2 heteroatoms. The maximum Gasteiger partial charge on any atom is 0.0598 e. The largest absolute Gasteiger partial charge is 0.0840 e. The highest BCUT2D eigenvalue weighted by molar-refractivity contribution is 6.42. The molecule has 0 aliphatic carbocycles. The molecular weight excluding hydrogens is 203 g/mol.